The van der Waals surface area contributed by atoms with E-state index in [1.165, 1.54) is 11.8 Å². The van der Waals surface area contributed by atoms with Gasteiger partial charge in [-0.1, -0.05) is 11.8 Å². The van der Waals surface area contributed by atoms with Crippen molar-refractivity contribution in [3.05, 3.63) is 48.5 Å². The van der Waals surface area contributed by atoms with Crippen LogP contribution in [0.5, 0.6) is 23.0 Å². The highest BCUT2D eigenvalue weighted by atomic mass is 32.2. The molecule has 1 amide bonds. The molecule has 2 aromatic carbocycles. The van der Waals surface area contributed by atoms with Gasteiger partial charge in [0.05, 0.1) is 25.7 Å². The molecule has 31 heavy (non-hydrogen) atoms. The number of rotatable bonds is 7. The molecular formula is C22H21N3O5S. The van der Waals surface area contributed by atoms with Crippen LogP contribution in [0.25, 0.3) is 11.3 Å². The second kappa shape index (κ2) is 9.57. The normalized spacial score (nSPS) is 12.2. The second-order valence-electron chi connectivity index (χ2n) is 6.52. The maximum absolute atomic E-state index is 12.3. The van der Waals surface area contributed by atoms with Crippen LogP contribution in [0.3, 0.4) is 0 Å². The van der Waals surface area contributed by atoms with Gasteiger partial charge in [-0.3, -0.25) is 4.79 Å². The summed E-state index contributed by atoms with van der Waals surface area (Å²) in [6, 6.07) is 14.6. The monoisotopic (exact) mass is 439 g/mol. The van der Waals surface area contributed by atoms with Crippen molar-refractivity contribution in [3.8, 4) is 34.3 Å². The molecule has 0 unspecified atom stereocenters. The van der Waals surface area contributed by atoms with Crippen LogP contribution in [0.4, 0.5) is 5.69 Å². The van der Waals surface area contributed by atoms with Gasteiger partial charge >= 0.3 is 0 Å². The number of hydrogen-bond donors (Lipinski definition) is 1. The van der Waals surface area contributed by atoms with E-state index in [0.29, 0.717) is 52.6 Å². The lowest BCUT2D eigenvalue weighted by Gasteiger charge is -2.18. The predicted molar refractivity (Wildman–Crippen MR) is 117 cm³/mol. The lowest BCUT2D eigenvalue weighted by atomic mass is 10.1. The maximum Gasteiger partial charge on any atom is 0.234 e. The molecular weight excluding hydrogens is 418 g/mol. The molecule has 1 aliphatic rings. The molecule has 1 N–H and O–H groups in total. The zero-order valence-corrected chi connectivity index (χ0v) is 17.9. The minimum Gasteiger partial charge on any atom is -0.493 e. The Labute approximate surface area is 183 Å². The molecule has 0 bridgehead atoms. The molecule has 9 heteroatoms. The minimum atomic E-state index is -0.146. The Morgan fingerprint density at radius 3 is 2.52 bits per heavy atom. The fourth-order valence-electron chi connectivity index (χ4n) is 3.00. The highest BCUT2D eigenvalue weighted by Crippen LogP contribution is 2.33. The number of benzene rings is 2. The van der Waals surface area contributed by atoms with E-state index in [-0.39, 0.29) is 11.7 Å². The van der Waals surface area contributed by atoms with Gasteiger partial charge in [0, 0.05) is 17.3 Å². The van der Waals surface area contributed by atoms with Gasteiger partial charge < -0.3 is 24.3 Å². The van der Waals surface area contributed by atoms with Gasteiger partial charge in [-0.05, 0) is 42.5 Å². The third-order valence-electron chi connectivity index (χ3n) is 4.50. The number of aromatic nitrogens is 2. The van der Waals surface area contributed by atoms with E-state index < -0.39 is 0 Å². The van der Waals surface area contributed by atoms with E-state index in [9.17, 15) is 4.79 Å². The van der Waals surface area contributed by atoms with Gasteiger partial charge in [0.25, 0.3) is 0 Å². The molecule has 0 aliphatic carbocycles. The summed E-state index contributed by atoms with van der Waals surface area (Å²) >= 11 is 1.31. The Morgan fingerprint density at radius 2 is 1.77 bits per heavy atom. The molecule has 1 aliphatic heterocycles. The Morgan fingerprint density at radius 1 is 0.968 bits per heavy atom. The zero-order chi connectivity index (χ0) is 21.6. The van der Waals surface area contributed by atoms with Crippen LogP contribution in [-0.4, -0.2) is 49.3 Å². The van der Waals surface area contributed by atoms with Gasteiger partial charge in [-0.15, -0.1) is 10.2 Å². The van der Waals surface area contributed by atoms with E-state index in [2.05, 4.69) is 15.5 Å². The van der Waals surface area contributed by atoms with Crippen molar-refractivity contribution in [1.29, 1.82) is 0 Å². The average Bonchev–Trinajstić information content (AvgIpc) is 2.82. The summed E-state index contributed by atoms with van der Waals surface area (Å²) in [5.74, 6) is 2.65. The molecule has 1 aromatic heterocycles. The molecule has 0 fully saturated rings. The standard InChI is InChI=1S/C22H21N3O5S/c1-27-17-6-3-14(11-19(17)28-2)16-5-8-22(25-24-16)31-13-21(26)23-15-4-7-18-20(12-15)30-10-9-29-18/h3-8,11-12H,9-10,13H2,1-2H3,(H,23,26). The molecule has 0 radical (unpaired) electrons. The van der Waals surface area contributed by atoms with E-state index in [0.717, 1.165) is 5.56 Å². The minimum absolute atomic E-state index is 0.146. The molecule has 4 rings (SSSR count). The van der Waals surface area contributed by atoms with E-state index in [1.54, 1.807) is 32.4 Å². The molecule has 0 atom stereocenters. The molecule has 2 heterocycles. The van der Waals surface area contributed by atoms with Crippen LogP contribution in [-0.2, 0) is 4.79 Å². The first-order valence-electron chi connectivity index (χ1n) is 9.54. The number of amides is 1. The van der Waals surface area contributed by atoms with Gasteiger partial charge in [-0.25, -0.2) is 0 Å². The molecule has 0 saturated carbocycles. The van der Waals surface area contributed by atoms with E-state index in [4.69, 9.17) is 18.9 Å². The summed E-state index contributed by atoms with van der Waals surface area (Å²) in [7, 11) is 3.18. The summed E-state index contributed by atoms with van der Waals surface area (Å²) in [5, 5.41) is 12.0. The number of carbonyl (C=O) groups is 1. The van der Waals surface area contributed by atoms with Crippen molar-refractivity contribution in [3.63, 3.8) is 0 Å². The number of ether oxygens (including phenoxy) is 4. The number of carbonyl (C=O) groups excluding carboxylic acids is 1. The van der Waals surface area contributed by atoms with Crippen LogP contribution in [0.15, 0.2) is 53.6 Å². The lowest BCUT2D eigenvalue weighted by Crippen LogP contribution is -2.17. The number of nitrogens with zero attached hydrogens (tertiary/aromatic N) is 2. The Kier molecular flexibility index (Phi) is 6.42. The third kappa shape index (κ3) is 5.00. The molecule has 8 nitrogen and oxygen atoms in total. The zero-order valence-electron chi connectivity index (χ0n) is 17.1. The summed E-state index contributed by atoms with van der Waals surface area (Å²) in [6.07, 6.45) is 0. The van der Waals surface area contributed by atoms with Crippen molar-refractivity contribution < 1.29 is 23.7 Å². The number of hydrogen-bond acceptors (Lipinski definition) is 8. The quantitative estimate of drug-likeness (QED) is 0.558. The van der Waals surface area contributed by atoms with E-state index >= 15 is 0 Å². The topological polar surface area (TPSA) is 91.8 Å². The first kappa shape index (κ1) is 20.8. The van der Waals surface area contributed by atoms with Crippen LogP contribution in [0, 0.1) is 0 Å². The number of nitrogens with one attached hydrogen (secondary N) is 1. The predicted octanol–water partition coefficient (Wildman–Crippen LogP) is 3.66. The second-order valence-corrected chi connectivity index (χ2v) is 7.52. The summed E-state index contributed by atoms with van der Waals surface area (Å²) in [6.45, 7) is 1.03. The fourth-order valence-corrected chi connectivity index (χ4v) is 3.62. The summed E-state index contributed by atoms with van der Waals surface area (Å²) in [5.41, 5.74) is 2.22. The van der Waals surface area contributed by atoms with E-state index in [1.807, 2.05) is 30.3 Å². The highest BCUT2D eigenvalue weighted by Gasteiger charge is 2.13. The molecule has 0 spiro atoms. The maximum atomic E-state index is 12.3. The number of thioether (sulfide) groups is 1. The first-order chi connectivity index (χ1) is 15.2. The number of methoxy groups -OCH3 is 2. The van der Waals surface area contributed by atoms with Crippen molar-refractivity contribution in [2.75, 3.05) is 38.5 Å². The van der Waals surface area contributed by atoms with Crippen LogP contribution in [0.1, 0.15) is 0 Å². The molecule has 0 saturated heterocycles. The molecule has 160 valence electrons. The van der Waals surface area contributed by atoms with Crippen LogP contribution in [0.2, 0.25) is 0 Å². The van der Waals surface area contributed by atoms with Gasteiger partial charge in [-0.2, -0.15) is 0 Å². The average molecular weight is 439 g/mol. The fraction of sp³-hybridized carbons (Fsp3) is 0.227. The summed E-state index contributed by atoms with van der Waals surface area (Å²) in [4.78, 5) is 12.3. The first-order valence-corrected chi connectivity index (χ1v) is 10.5. The lowest BCUT2D eigenvalue weighted by molar-refractivity contribution is -0.113. The summed E-state index contributed by atoms with van der Waals surface area (Å²) < 4.78 is 21.6. The van der Waals surface area contributed by atoms with Gasteiger partial charge in [0.1, 0.15) is 18.2 Å². The van der Waals surface area contributed by atoms with Crippen LogP contribution < -0.4 is 24.3 Å². The van der Waals surface area contributed by atoms with Crippen molar-refractivity contribution in [1.82, 2.24) is 10.2 Å². The Bertz CT molecular complexity index is 1080. The van der Waals surface area contributed by atoms with Crippen LogP contribution >= 0.6 is 11.8 Å². The highest BCUT2D eigenvalue weighted by molar-refractivity contribution is 7.99. The molecule has 3 aromatic rings. The number of anilines is 1. The number of fused-ring (bicyclic) bond motifs is 1. The SMILES string of the molecule is COc1ccc(-c2ccc(SCC(=O)Nc3ccc4c(c3)OCCO4)nn2)cc1OC. The van der Waals surface area contributed by atoms with Crippen molar-refractivity contribution in [2.45, 2.75) is 5.03 Å². The Hall–Kier alpha value is -3.46. The van der Waals surface area contributed by atoms with Gasteiger partial charge in [0.15, 0.2) is 23.0 Å². The third-order valence-corrected chi connectivity index (χ3v) is 5.42. The van der Waals surface area contributed by atoms with Crippen molar-refractivity contribution in [2.24, 2.45) is 0 Å². The largest absolute Gasteiger partial charge is 0.493 e. The Balaban J connectivity index is 1.34. The smallest absolute Gasteiger partial charge is 0.234 e. The van der Waals surface area contributed by atoms with Crippen molar-refractivity contribution >= 4 is 23.4 Å². The van der Waals surface area contributed by atoms with Gasteiger partial charge in [0.2, 0.25) is 5.91 Å².